The van der Waals surface area contributed by atoms with Gasteiger partial charge in [-0.2, -0.15) is 0 Å². The Morgan fingerprint density at radius 3 is 1.75 bits per heavy atom. The average molecular weight is 567 g/mol. The average Bonchev–Trinajstić information content (AvgIpc) is 3.73. The Hall–Kier alpha value is -5.80. The van der Waals surface area contributed by atoms with Gasteiger partial charge in [0, 0.05) is 33.0 Å². The third-order valence-electron chi connectivity index (χ3n) is 8.86. The summed E-state index contributed by atoms with van der Waals surface area (Å²) >= 11 is 0. The second-order valence-corrected chi connectivity index (χ2v) is 11.3. The molecule has 8 aromatic rings. The van der Waals surface area contributed by atoms with Gasteiger partial charge in [-0.25, -0.2) is 0 Å². The highest BCUT2D eigenvalue weighted by atomic mass is 16.5. The Morgan fingerprint density at radius 1 is 0.386 bits per heavy atom. The lowest BCUT2D eigenvalue weighted by Crippen LogP contribution is -2.34. The molecule has 3 heteroatoms. The van der Waals surface area contributed by atoms with Crippen LogP contribution >= 0.6 is 0 Å². The van der Waals surface area contributed by atoms with Gasteiger partial charge in [-0.05, 0) is 59.7 Å². The molecule has 3 nitrogen and oxygen atoms in total. The van der Waals surface area contributed by atoms with Crippen molar-refractivity contribution in [1.29, 1.82) is 0 Å². The van der Waals surface area contributed by atoms with E-state index in [9.17, 15) is 0 Å². The molecule has 0 unspecified atom stereocenters. The first kappa shape index (κ1) is 24.8. The summed E-state index contributed by atoms with van der Waals surface area (Å²) in [5, 5.41) is 2.18. The third-order valence-corrected chi connectivity index (χ3v) is 8.86. The highest BCUT2D eigenvalue weighted by Crippen LogP contribution is 2.55. The van der Waals surface area contributed by atoms with E-state index >= 15 is 0 Å². The molecule has 6 aromatic carbocycles. The van der Waals surface area contributed by atoms with Crippen LogP contribution in [0.15, 0.2) is 167 Å². The highest BCUT2D eigenvalue weighted by Gasteiger charge is 2.45. The lowest BCUT2D eigenvalue weighted by Gasteiger charge is -2.41. The Bertz CT molecular complexity index is 2270. The molecule has 0 atom stereocenters. The van der Waals surface area contributed by atoms with Crippen molar-refractivity contribution in [2.24, 2.45) is 0 Å². The number of para-hydroxylation sites is 2. The third kappa shape index (κ3) is 3.63. The van der Waals surface area contributed by atoms with E-state index in [0.29, 0.717) is 0 Å². The summed E-state index contributed by atoms with van der Waals surface area (Å²) in [4.78, 5) is 0. The van der Waals surface area contributed by atoms with Crippen molar-refractivity contribution >= 4 is 21.9 Å². The van der Waals surface area contributed by atoms with Gasteiger partial charge in [0.1, 0.15) is 34.2 Å². The molecule has 208 valence electrons. The van der Waals surface area contributed by atoms with Crippen LogP contribution in [0.4, 0.5) is 0 Å². The zero-order chi connectivity index (χ0) is 29.1. The predicted octanol–water partition coefficient (Wildman–Crippen LogP) is 11.0. The van der Waals surface area contributed by atoms with Crippen molar-refractivity contribution in [2.45, 2.75) is 5.41 Å². The Balaban J connectivity index is 1.19. The predicted molar refractivity (Wildman–Crippen MR) is 175 cm³/mol. The fourth-order valence-electron chi connectivity index (χ4n) is 6.89. The van der Waals surface area contributed by atoms with E-state index in [0.717, 1.165) is 67.2 Å². The van der Waals surface area contributed by atoms with Crippen LogP contribution in [0.1, 0.15) is 22.3 Å². The van der Waals surface area contributed by atoms with Crippen molar-refractivity contribution in [1.82, 2.24) is 0 Å². The quantitative estimate of drug-likeness (QED) is 0.213. The molecule has 0 saturated heterocycles. The number of benzene rings is 6. The number of hydrogen-bond donors (Lipinski definition) is 0. The molecule has 0 spiro atoms. The Labute approximate surface area is 254 Å². The smallest absolute Gasteiger partial charge is 0.135 e. The highest BCUT2D eigenvalue weighted by molar-refractivity contribution is 6.06. The van der Waals surface area contributed by atoms with E-state index < -0.39 is 5.41 Å². The Morgan fingerprint density at radius 2 is 0.977 bits per heavy atom. The normalized spacial score (nSPS) is 13.4. The van der Waals surface area contributed by atoms with Crippen LogP contribution in [0.5, 0.6) is 11.5 Å². The maximum atomic E-state index is 6.66. The van der Waals surface area contributed by atoms with Crippen LogP contribution in [0.25, 0.3) is 44.6 Å². The van der Waals surface area contributed by atoms with Gasteiger partial charge in [0.2, 0.25) is 0 Å². The first-order valence-corrected chi connectivity index (χ1v) is 14.8. The van der Waals surface area contributed by atoms with Gasteiger partial charge in [0.25, 0.3) is 0 Å². The molecule has 0 aliphatic carbocycles. The SMILES string of the molecule is c1ccc(C2(c3ccccc3)c3ccccc3Oc3cc(-c4ccc(-c5ccc6oc7ccccc7c6c5)o4)ccc32)cc1. The van der Waals surface area contributed by atoms with E-state index in [1.165, 1.54) is 11.1 Å². The van der Waals surface area contributed by atoms with Gasteiger partial charge >= 0.3 is 0 Å². The number of rotatable bonds is 4. The van der Waals surface area contributed by atoms with Crippen molar-refractivity contribution in [2.75, 3.05) is 0 Å². The van der Waals surface area contributed by atoms with Crippen LogP contribution in [0.3, 0.4) is 0 Å². The van der Waals surface area contributed by atoms with E-state index in [1.807, 2.05) is 48.5 Å². The summed E-state index contributed by atoms with van der Waals surface area (Å²) in [5.74, 6) is 3.26. The van der Waals surface area contributed by atoms with Crippen LogP contribution in [-0.4, -0.2) is 0 Å². The largest absolute Gasteiger partial charge is 0.457 e. The summed E-state index contributed by atoms with van der Waals surface area (Å²) < 4.78 is 19.2. The molecular weight excluding hydrogens is 540 g/mol. The van der Waals surface area contributed by atoms with E-state index in [2.05, 4.69) is 109 Å². The van der Waals surface area contributed by atoms with E-state index in [1.54, 1.807) is 0 Å². The van der Waals surface area contributed by atoms with Gasteiger partial charge < -0.3 is 13.6 Å². The first-order chi connectivity index (χ1) is 21.8. The molecule has 1 aliphatic rings. The molecule has 0 N–H and O–H groups in total. The zero-order valence-corrected chi connectivity index (χ0v) is 23.7. The van der Waals surface area contributed by atoms with Crippen molar-refractivity contribution in [3.05, 3.63) is 180 Å². The second-order valence-electron chi connectivity index (χ2n) is 11.3. The topological polar surface area (TPSA) is 35.5 Å². The summed E-state index contributed by atoms with van der Waals surface area (Å²) in [5.41, 5.74) is 7.79. The molecule has 0 fully saturated rings. The number of fused-ring (bicyclic) bond motifs is 5. The second kappa shape index (κ2) is 9.62. The summed E-state index contributed by atoms with van der Waals surface area (Å²) in [7, 11) is 0. The molecule has 0 bridgehead atoms. The van der Waals surface area contributed by atoms with Gasteiger partial charge in [0.15, 0.2) is 0 Å². The minimum atomic E-state index is -0.539. The molecule has 3 heterocycles. The minimum absolute atomic E-state index is 0.539. The molecule has 2 aromatic heterocycles. The fourth-order valence-corrected chi connectivity index (χ4v) is 6.89. The van der Waals surface area contributed by atoms with Gasteiger partial charge in [0.05, 0.1) is 5.41 Å². The van der Waals surface area contributed by atoms with Crippen LogP contribution in [-0.2, 0) is 5.41 Å². The van der Waals surface area contributed by atoms with Gasteiger partial charge in [-0.3, -0.25) is 0 Å². The molecule has 1 aliphatic heterocycles. The van der Waals surface area contributed by atoms with E-state index in [4.69, 9.17) is 13.6 Å². The van der Waals surface area contributed by atoms with Gasteiger partial charge in [-0.15, -0.1) is 0 Å². The summed E-state index contributed by atoms with van der Waals surface area (Å²) in [6.45, 7) is 0. The van der Waals surface area contributed by atoms with Crippen molar-refractivity contribution < 1.29 is 13.6 Å². The number of furan rings is 2. The summed E-state index contributed by atoms with van der Waals surface area (Å²) in [6.07, 6.45) is 0. The lowest BCUT2D eigenvalue weighted by atomic mass is 9.63. The molecule has 9 rings (SSSR count). The minimum Gasteiger partial charge on any atom is -0.457 e. The maximum absolute atomic E-state index is 6.66. The van der Waals surface area contributed by atoms with Crippen LogP contribution in [0.2, 0.25) is 0 Å². The summed E-state index contributed by atoms with van der Waals surface area (Å²) in [6, 6.07) is 54.7. The maximum Gasteiger partial charge on any atom is 0.135 e. The monoisotopic (exact) mass is 566 g/mol. The number of ether oxygens (including phenoxy) is 1. The standard InChI is InChI=1S/C41H26O3/c1-3-11-29(12-4-1)41(30-13-5-2-6-14-30)33-16-8-10-18-39(33)44-40-26-28(19-21-34(40)41)36-24-23-35(42-36)27-20-22-38-32(25-27)31-15-7-9-17-37(31)43-38/h1-26H. The first-order valence-electron chi connectivity index (χ1n) is 14.8. The molecule has 0 saturated carbocycles. The van der Waals surface area contributed by atoms with Crippen LogP contribution in [0, 0.1) is 0 Å². The van der Waals surface area contributed by atoms with Gasteiger partial charge in [-0.1, -0.05) is 109 Å². The molecule has 44 heavy (non-hydrogen) atoms. The Kier molecular flexibility index (Phi) is 5.41. The van der Waals surface area contributed by atoms with Crippen LogP contribution < -0.4 is 4.74 Å². The lowest BCUT2D eigenvalue weighted by molar-refractivity contribution is 0.434. The fraction of sp³-hybridized carbons (Fsp3) is 0.0244. The van der Waals surface area contributed by atoms with E-state index in [-0.39, 0.29) is 0 Å². The van der Waals surface area contributed by atoms with Crippen molar-refractivity contribution in [3.63, 3.8) is 0 Å². The number of hydrogen-bond acceptors (Lipinski definition) is 3. The zero-order valence-electron chi connectivity index (χ0n) is 23.7. The molecule has 0 amide bonds. The molecular formula is C41H26O3. The molecule has 0 radical (unpaired) electrons. The van der Waals surface area contributed by atoms with Crippen molar-refractivity contribution in [3.8, 4) is 34.1 Å².